The van der Waals surface area contributed by atoms with Crippen LogP contribution >= 0.6 is 11.3 Å². The van der Waals surface area contributed by atoms with E-state index >= 15 is 0 Å². The van der Waals surface area contributed by atoms with Crippen LogP contribution in [-0.4, -0.2) is 56.7 Å². The Hall–Kier alpha value is -3.53. The molecule has 0 aliphatic carbocycles. The quantitative estimate of drug-likeness (QED) is 0.603. The van der Waals surface area contributed by atoms with Gasteiger partial charge in [-0.15, -0.1) is 11.3 Å². The van der Waals surface area contributed by atoms with Gasteiger partial charge in [-0.1, -0.05) is 6.07 Å². The second kappa shape index (κ2) is 8.31. The highest BCUT2D eigenvalue weighted by Crippen LogP contribution is 2.32. The second-order valence-electron chi connectivity index (χ2n) is 7.16. The first-order valence-corrected chi connectivity index (χ1v) is 10.8. The molecule has 0 radical (unpaired) electrons. The number of aromatic nitrogens is 3. The number of carbonyl (C=O) groups is 2. The molecule has 31 heavy (non-hydrogen) atoms. The van der Waals surface area contributed by atoms with Gasteiger partial charge in [0.05, 0.1) is 24.7 Å². The number of nitrogens with zero attached hydrogens (tertiary/aromatic N) is 5. The molecular formula is C21H19N5O4S. The number of ether oxygens (including phenoxy) is 2. The van der Waals surface area contributed by atoms with Gasteiger partial charge in [0.2, 0.25) is 18.6 Å². The number of amides is 2. The molecule has 9 nitrogen and oxygen atoms in total. The molecule has 1 aromatic carbocycles. The third-order valence-electron chi connectivity index (χ3n) is 5.07. The number of rotatable bonds is 5. The van der Waals surface area contributed by atoms with E-state index in [1.165, 1.54) is 16.3 Å². The number of hydrazine groups is 1. The summed E-state index contributed by atoms with van der Waals surface area (Å²) < 4.78 is 10.7. The van der Waals surface area contributed by atoms with Crippen LogP contribution in [0.1, 0.15) is 17.7 Å². The summed E-state index contributed by atoms with van der Waals surface area (Å²) in [7, 11) is 0. The fourth-order valence-corrected chi connectivity index (χ4v) is 4.39. The molecule has 1 saturated heterocycles. The number of thiazole rings is 1. The predicted molar refractivity (Wildman–Crippen MR) is 111 cm³/mol. The van der Waals surface area contributed by atoms with E-state index in [1.54, 1.807) is 29.7 Å². The van der Waals surface area contributed by atoms with Crippen molar-refractivity contribution in [3.63, 3.8) is 0 Å². The minimum Gasteiger partial charge on any atom is -0.454 e. The highest BCUT2D eigenvalue weighted by molar-refractivity contribution is 7.13. The van der Waals surface area contributed by atoms with Crippen molar-refractivity contribution in [2.24, 2.45) is 0 Å². The van der Waals surface area contributed by atoms with Gasteiger partial charge in [-0.25, -0.2) is 4.98 Å². The molecule has 2 aromatic heterocycles. The molecule has 0 spiro atoms. The molecule has 2 aliphatic heterocycles. The topological polar surface area (TPSA) is 97.8 Å². The van der Waals surface area contributed by atoms with Crippen molar-refractivity contribution in [2.75, 3.05) is 19.9 Å². The molecule has 0 saturated carbocycles. The molecule has 10 heteroatoms. The van der Waals surface area contributed by atoms with Crippen LogP contribution < -0.4 is 9.47 Å². The smallest absolute Gasteiger partial charge is 0.247 e. The van der Waals surface area contributed by atoms with Crippen LogP contribution in [0.25, 0.3) is 10.7 Å². The first-order chi connectivity index (χ1) is 15.2. The van der Waals surface area contributed by atoms with Crippen LogP contribution in [0.4, 0.5) is 0 Å². The summed E-state index contributed by atoms with van der Waals surface area (Å²) in [5, 5.41) is 5.64. The van der Waals surface area contributed by atoms with Gasteiger partial charge in [0.15, 0.2) is 11.5 Å². The van der Waals surface area contributed by atoms with E-state index in [0.29, 0.717) is 41.0 Å². The molecular weight excluding hydrogens is 418 g/mol. The van der Waals surface area contributed by atoms with Crippen molar-refractivity contribution in [2.45, 2.75) is 19.3 Å². The first kappa shape index (κ1) is 19.4. The highest BCUT2D eigenvalue weighted by Gasteiger charge is 2.31. The Kier molecular flexibility index (Phi) is 5.21. The number of fused-ring (bicyclic) bond motifs is 1. The zero-order chi connectivity index (χ0) is 21.2. The summed E-state index contributed by atoms with van der Waals surface area (Å²) >= 11 is 1.42. The summed E-state index contributed by atoms with van der Waals surface area (Å²) in [5.74, 6) is 1.05. The van der Waals surface area contributed by atoms with Crippen LogP contribution in [0.5, 0.6) is 11.5 Å². The van der Waals surface area contributed by atoms with Gasteiger partial charge in [0.25, 0.3) is 0 Å². The summed E-state index contributed by atoms with van der Waals surface area (Å²) in [5.41, 5.74) is 2.15. The Labute approximate surface area is 182 Å². The molecule has 3 aromatic rings. The molecule has 5 rings (SSSR count). The summed E-state index contributed by atoms with van der Waals surface area (Å²) in [4.78, 5) is 38.6. The lowest BCUT2D eigenvalue weighted by molar-refractivity contribution is -0.157. The van der Waals surface area contributed by atoms with Crippen LogP contribution in [0.3, 0.4) is 0 Å². The summed E-state index contributed by atoms with van der Waals surface area (Å²) in [6, 6.07) is 5.46. The second-order valence-corrected chi connectivity index (χ2v) is 8.02. The molecule has 0 N–H and O–H groups in total. The van der Waals surface area contributed by atoms with Crippen LogP contribution in [-0.2, 0) is 22.4 Å². The Morgan fingerprint density at radius 1 is 1.03 bits per heavy atom. The maximum Gasteiger partial charge on any atom is 0.247 e. The number of carbonyl (C=O) groups excluding carboxylic acids is 2. The fourth-order valence-electron chi connectivity index (χ4n) is 3.61. The molecule has 158 valence electrons. The van der Waals surface area contributed by atoms with Gasteiger partial charge in [-0.05, 0) is 24.1 Å². The fraction of sp³-hybridized carbons (Fsp3) is 0.286. The van der Waals surface area contributed by atoms with Gasteiger partial charge in [-0.3, -0.25) is 29.6 Å². The Morgan fingerprint density at radius 2 is 1.84 bits per heavy atom. The number of hydrogen-bond acceptors (Lipinski definition) is 8. The average molecular weight is 437 g/mol. The average Bonchev–Trinajstić information content (AvgIpc) is 3.54. The van der Waals surface area contributed by atoms with Crippen molar-refractivity contribution >= 4 is 23.2 Å². The third kappa shape index (κ3) is 4.06. The van der Waals surface area contributed by atoms with Crippen molar-refractivity contribution in [3.05, 3.63) is 53.4 Å². The predicted octanol–water partition coefficient (Wildman–Crippen LogP) is 2.09. The SMILES string of the molecule is O=C(Cc1ccc2c(c1)OCO2)N1CCCN1C(=O)Cc1csc(-c2cnccn2)n1. The lowest BCUT2D eigenvalue weighted by atomic mass is 10.1. The van der Waals surface area contributed by atoms with Gasteiger partial charge in [-0.2, -0.15) is 0 Å². The molecule has 4 heterocycles. The van der Waals surface area contributed by atoms with Crippen molar-refractivity contribution < 1.29 is 19.1 Å². The molecule has 0 unspecified atom stereocenters. The molecule has 1 fully saturated rings. The molecule has 2 aliphatic rings. The van der Waals surface area contributed by atoms with E-state index in [2.05, 4.69) is 15.0 Å². The van der Waals surface area contributed by atoms with Gasteiger partial charge < -0.3 is 9.47 Å². The minimum absolute atomic E-state index is 0.122. The van der Waals surface area contributed by atoms with Crippen molar-refractivity contribution in [3.8, 4) is 22.2 Å². The van der Waals surface area contributed by atoms with E-state index in [0.717, 1.165) is 12.0 Å². The number of benzene rings is 1. The highest BCUT2D eigenvalue weighted by atomic mass is 32.1. The third-order valence-corrected chi connectivity index (χ3v) is 5.98. The normalized spacial score (nSPS) is 14.8. The lowest BCUT2D eigenvalue weighted by Gasteiger charge is -2.28. The zero-order valence-corrected chi connectivity index (χ0v) is 17.4. The molecule has 0 atom stereocenters. The number of hydrogen-bond donors (Lipinski definition) is 0. The van der Waals surface area contributed by atoms with Crippen molar-refractivity contribution in [1.29, 1.82) is 0 Å². The van der Waals surface area contributed by atoms with Gasteiger partial charge >= 0.3 is 0 Å². The van der Waals surface area contributed by atoms with Gasteiger partial charge in [0, 0.05) is 30.9 Å². The van der Waals surface area contributed by atoms with E-state index in [-0.39, 0.29) is 31.4 Å². The Bertz CT molecular complexity index is 1120. The standard InChI is InChI=1S/C21H19N5O4S/c27-19(9-14-2-3-17-18(8-14)30-13-29-17)25-6-1-7-26(25)20(28)10-15-12-31-21(24-15)16-11-22-4-5-23-16/h2-5,8,11-12H,1,6-7,9-10,13H2. The zero-order valence-electron chi connectivity index (χ0n) is 16.6. The van der Waals surface area contributed by atoms with E-state index in [9.17, 15) is 9.59 Å². The first-order valence-electron chi connectivity index (χ1n) is 9.87. The van der Waals surface area contributed by atoms with E-state index in [1.807, 2.05) is 17.5 Å². The molecule has 2 amide bonds. The largest absolute Gasteiger partial charge is 0.454 e. The van der Waals surface area contributed by atoms with Crippen LogP contribution in [0.15, 0.2) is 42.2 Å². The van der Waals surface area contributed by atoms with E-state index in [4.69, 9.17) is 9.47 Å². The summed E-state index contributed by atoms with van der Waals surface area (Å²) in [6.45, 7) is 1.24. The van der Waals surface area contributed by atoms with E-state index < -0.39 is 0 Å². The Balaban J connectivity index is 1.24. The van der Waals surface area contributed by atoms with Gasteiger partial charge in [0.1, 0.15) is 10.7 Å². The van der Waals surface area contributed by atoms with Crippen LogP contribution in [0, 0.1) is 0 Å². The summed E-state index contributed by atoms with van der Waals surface area (Å²) in [6.07, 6.45) is 5.92. The maximum absolute atomic E-state index is 12.9. The molecule has 0 bridgehead atoms. The maximum atomic E-state index is 12.9. The lowest BCUT2D eigenvalue weighted by Crippen LogP contribution is -2.46. The van der Waals surface area contributed by atoms with Crippen LogP contribution in [0.2, 0.25) is 0 Å². The Morgan fingerprint density at radius 3 is 2.65 bits per heavy atom. The monoisotopic (exact) mass is 437 g/mol. The minimum atomic E-state index is -0.146. The van der Waals surface area contributed by atoms with Crippen molar-refractivity contribution in [1.82, 2.24) is 25.0 Å².